The van der Waals surface area contributed by atoms with Crippen molar-refractivity contribution in [2.75, 3.05) is 7.11 Å². The van der Waals surface area contributed by atoms with Gasteiger partial charge in [-0.3, -0.25) is 35.3 Å². The zero-order chi connectivity index (χ0) is 23.3. The van der Waals surface area contributed by atoms with Crippen molar-refractivity contribution in [1.82, 2.24) is 0 Å². The van der Waals surface area contributed by atoms with Crippen molar-refractivity contribution in [1.29, 1.82) is 0 Å². The van der Waals surface area contributed by atoms with Crippen LogP contribution in [0.4, 0.5) is 22.7 Å². The molecule has 3 aromatic carbocycles. The van der Waals surface area contributed by atoms with Crippen molar-refractivity contribution < 1.29 is 24.2 Å². The minimum Gasteiger partial charge on any atom is -0.493 e. The van der Waals surface area contributed by atoms with E-state index in [1.54, 1.807) is 18.2 Å². The first-order valence-electron chi connectivity index (χ1n) is 8.85. The fraction of sp³-hybridized carbons (Fsp3) is 0.0500. The van der Waals surface area contributed by atoms with Crippen molar-refractivity contribution in [2.45, 2.75) is 0 Å². The van der Waals surface area contributed by atoms with Gasteiger partial charge in [-0.2, -0.15) is 0 Å². The maximum Gasteiger partial charge on any atom is 0.318 e. The summed E-state index contributed by atoms with van der Waals surface area (Å²) in [5, 5.41) is 33.0. The van der Waals surface area contributed by atoms with Gasteiger partial charge in [0.2, 0.25) is 5.75 Å². The molecule has 3 aromatic rings. The average Bonchev–Trinajstić information content (AvgIpc) is 2.78. The zero-order valence-electron chi connectivity index (χ0n) is 16.4. The first-order chi connectivity index (χ1) is 15.3. The SMILES string of the molecule is COc1cc(C=Nc2cccc([N+](=O)[O-])c2)ccc1Oc1ccc([N+](=O)[O-])cc1[N+](=O)[O-]. The summed E-state index contributed by atoms with van der Waals surface area (Å²) < 4.78 is 10.8. The minimum atomic E-state index is -0.783. The highest BCUT2D eigenvalue weighted by atomic mass is 16.6. The molecule has 0 aliphatic rings. The normalized spacial score (nSPS) is 10.7. The van der Waals surface area contributed by atoms with Crippen LogP contribution < -0.4 is 9.47 Å². The number of hydrogen-bond donors (Lipinski definition) is 0. The van der Waals surface area contributed by atoms with Crippen molar-refractivity contribution in [2.24, 2.45) is 4.99 Å². The maximum atomic E-state index is 11.3. The Morgan fingerprint density at radius 3 is 2.12 bits per heavy atom. The molecule has 0 aliphatic carbocycles. The van der Waals surface area contributed by atoms with Crippen molar-refractivity contribution in [3.05, 3.63) is 96.6 Å². The third-order valence-electron chi connectivity index (χ3n) is 4.16. The summed E-state index contributed by atoms with van der Waals surface area (Å²) in [6, 6.07) is 13.4. The molecule has 12 heteroatoms. The minimum absolute atomic E-state index is 0.0920. The molecule has 0 N–H and O–H groups in total. The quantitative estimate of drug-likeness (QED) is 0.271. The van der Waals surface area contributed by atoms with E-state index in [1.165, 1.54) is 37.6 Å². The van der Waals surface area contributed by atoms with Gasteiger partial charge in [-0.25, -0.2) is 0 Å². The number of benzene rings is 3. The number of rotatable bonds is 8. The Bertz CT molecular complexity index is 1240. The fourth-order valence-corrected chi connectivity index (χ4v) is 2.65. The lowest BCUT2D eigenvalue weighted by molar-refractivity contribution is -0.394. The highest BCUT2D eigenvalue weighted by Crippen LogP contribution is 2.38. The molecule has 0 aromatic heterocycles. The lowest BCUT2D eigenvalue weighted by Crippen LogP contribution is -1.97. The van der Waals surface area contributed by atoms with Crippen LogP contribution in [0.5, 0.6) is 17.2 Å². The van der Waals surface area contributed by atoms with Gasteiger partial charge in [0, 0.05) is 24.4 Å². The molecule has 0 saturated heterocycles. The number of nitro benzene ring substituents is 3. The Morgan fingerprint density at radius 1 is 0.781 bits per heavy atom. The van der Waals surface area contributed by atoms with Gasteiger partial charge in [0.15, 0.2) is 11.5 Å². The standard InChI is InChI=1S/C20H14N4O8/c1-31-20-9-13(12-21-14-3-2-4-15(10-14)22(25)26)5-7-19(20)32-18-8-6-16(23(27)28)11-17(18)24(29)30/h2-12H,1H3. The Morgan fingerprint density at radius 2 is 1.47 bits per heavy atom. The second kappa shape index (κ2) is 9.30. The number of nitro groups is 3. The van der Waals surface area contributed by atoms with Crippen LogP contribution in [-0.2, 0) is 0 Å². The Hall–Kier alpha value is -4.87. The Labute approximate surface area is 179 Å². The maximum absolute atomic E-state index is 11.3. The van der Waals surface area contributed by atoms with Gasteiger partial charge in [-0.05, 0) is 35.9 Å². The van der Waals surface area contributed by atoms with E-state index in [1.807, 2.05) is 0 Å². The molecule has 0 amide bonds. The molecule has 0 spiro atoms. The van der Waals surface area contributed by atoms with Gasteiger partial charge in [0.05, 0.1) is 33.6 Å². The average molecular weight is 438 g/mol. The summed E-state index contributed by atoms with van der Waals surface area (Å²) in [6.45, 7) is 0. The third-order valence-corrected chi connectivity index (χ3v) is 4.16. The first-order valence-corrected chi connectivity index (χ1v) is 8.85. The van der Waals surface area contributed by atoms with Gasteiger partial charge < -0.3 is 9.47 Å². The lowest BCUT2D eigenvalue weighted by Gasteiger charge is -2.11. The molecule has 0 fully saturated rings. The number of ether oxygens (including phenoxy) is 2. The van der Waals surface area contributed by atoms with E-state index in [2.05, 4.69) is 4.99 Å². The molecular weight excluding hydrogens is 424 g/mol. The Balaban J connectivity index is 1.88. The Kier molecular flexibility index (Phi) is 6.34. The van der Waals surface area contributed by atoms with E-state index in [0.29, 0.717) is 11.3 Å². The number of aliphatic imine (C=N–C) groups is 1. The highest BCUT2D eigenvalue weighted by Gasteiger charge is 2.22. The molecule has 32 heavy (non-hydrogen) atoms. The van der Waals surface area contributed by atoms with Gasteiger partial charge in [0.1, 0.15) is 0 Å². The molecule has 0 aliphatic heterocycles. The zero-order valence-corrected chi connectivity index (χ0v) is 16.4. The molecule has 0 unspecified atom stereocenters. The predicted molar refractivity (Wildman–Crippen MR) is 113 cm³/mol. The van der Waals surface area contributed by atoms with Gasteiger partial charge in [-0.1, -0.05) is 6.07 Å². The van der Waals surface area contributed by atoms with Crippen LogP contribution in [0.1, 0.15) is 5.56 Å². The van der Waals surface area contributed by atoms with Crippen LogP contribution in [0, 0.1) is 30.3 Å². The fourth-order valence-electron chi connectivity index (χ4n) is 2.65. The second-order valence-corrected chi connectivity index (χ2v) is 6.21. The number of methoxy groups -OCH3 is 1. The molecule has 12 nitrogen and oxygen atoms in total. The summed E-state index contributed by atoms with van der Waals surface area (Å²) in [5.41, 5.74) is -0.161. The molecule has 3 rings (SSSR count). The van der Waals surface area contributed by atoms with E-state index < -0.39 is 26.1 Å². The number of hydrogen-bond acceptors (Lipinski definition) is 9. The van der Waals surface area contributed by atoms with Crippen LogP contribution in [0.2, 0.25) is 0 Å². The van der Waals surface area contributed by atoms with Crippen LogP contribution in [0.15, 0.2) is 65.7 Å². The lowest BCUT2D eigenvalue weighted by atomic mass is 10.2. The third kappa shape index (κ3) is 4.99. The van der Waals surface area contributed by atoms with Gasteiger partial charge in [0.25, 0.3) is 11.4 Å². The second-order valence-electron chi connectivity index (χ2n) is 6.21. The van der Waals surface area contributed by atoms with Crippen molar-refractivity contribution in [3.63, 3.8) is 0 Å². The predicted octanol–water partition coefficient (Wildman–Crippen LogP) is 4.96. The van der Waals surface area contributed by atoms with Crippen LogP contribution >= 0.6 is 0 Å². The van der Waals surface area contributed by atoms with E-state index in [-0.39, 0.29) is 22.9 Å². The van der Waals surface area contributed by atoms with Crippen molar-refractivity contribution >= 4 is 29.0 Å². The van der Waals surface area contributed by atoms with Crippen LogP contribution in [0.25, 0.3) is 0 Å². The summed E-state index contributed by atoms with van der Waals surface area (Å²) in [5.74, 6) is 0.162. The van der Waals surface area contributed by atoms with Gasteiger partial charge >= 0.3 is 5.69 Å². The molecule has 0 atom stereocenters. The number of nitrogens with zero attached hydrogens (tertiary/aromatic N) is 4. The van der Waals surface area contributed by atoms with E-state index >= 15 is 0 Å². The van der Waals surface area contributed by atoms with Crippen molar-refractivity contribution in [3.8, 4) is 17.2 Å². The summed E-state index contributed by atoms with van der Waals surface area (Å²) in [4.78, 5) is 35.2. The summed E-state index contributed by atoms with van der Waals surface area (Å²) >= 11 is 0. The molecule has 0 heterocycles. The van der Waals surface area contributed by atoms with E-state index in [9.17, 15) is 30.3 Å². The molecule has 0 bridgehead atoms. The van der Waals surface area contributed by atoms with Crippen LogP contribution in [-0.4, -0.2) is 28.1 Å². The largest absolute Gasteiger partial charge is 0.493 e. The first kappa shape index (κ1) is 21.8. The molecule has 162 valence electrons. The molecule has 0 saturated carbocycles. The van der Waals surface area contributed by atoms with Crippen LogP contribution in [0.3, 0.4) is 0 Å². The van der Waals surface area contributed by atoms with E-state index in [0.717, 1.165) is 18.2 Å². The monoisotopic (exact) mass is 438 g/mol. The molecular formula is C20H14N4O8. The smallest absolute Gasteiger partial charge is 0.318 e. The van der Waals surface area contributed by atoms with E-state index in [4.69, 9.17) is 9.47 Å². The summed E-state index contributed by atoms with van der Waals surface area (Å²) in [7, 11) is 1.37. The highest BCUT2D eigenvalue weighted by molar-refractivity contribution is 5.83. The summed E-state index contributed by atoms with van der Waals surface area (Å²) in [6.07, 6.45) is 1.46. The van der Waals surface area contributed by atoms with Gasteiger partial charge in [-0.15, -0.1) is 0 Å². The number of non-ortho nitro benzene ring substituents is 2. The molecule has 0 radical (unpaired) electrons. The topological polar surface area (TPSA) is 160 Å².